The molecule has 0 radical (unpaired) electrons. The van der Waals surface area contributed by atoms with Crippen LogP contribution in [0.25, 0.3) is 0 Å². The van der Waals surface area contributed by atoms with Crippen LogP contribution in [0, 0.1) is 5.92 Å². The fourth-order valence-electron chi connectivity index (χ4n) is 1.57. The molecule has 0 fully saturated rings. The van der Waals surface area contributed by atoms with Gasteiger partial charge in [0.2, 0.25) is 0 Å². The molecule has 0 amide bonds. The minimum Gasteiger partial charge on any atom is -0.478 e. The Kier molecular flexibility index (Phi) is 4.37. The van der Waals surface area contributed by atoms with E-state index in [9.17, 15) is 4.79 Å². The van der Waals surface area contributed by atoms with E-state index in [1.54, 1.807) is 12.1 Å². The van der Waals surface area contributed by atoms with Gasteiger partial charge < -0.3 is 16.2 Å². The summed E-state index contributed by atoms with van der Waals surface area (Å²) in [6.45, 7) is 6.40. The lowest BCUT2D eigenvalue weighted by Crippen LogP contribution is -2.23. The molecule has 1 aromatic rings. The number of rotatable bonds is 5. The maximum Gasteiger partial charge on any atom is 0.335 e. The molecule has 4 heteroatoms. The summed E-state index contributed by atoms with van der Waals surface area (Å²) in [6, 6.07) is 5.06. The first-order valence-corrected chi connectivity index (χ1v) is 5.85. The van der Waals surface area contributed by atoms with Gasteiger partial charge in [-0.3, -0.25) is 0 Å². The van der Waals surface area contributed by atoms with Crippen molar-refractivity contribution in [2.75, 3.05) is 11.1 Å². The molecule has 0 bridgehead atoms. The molecule has 0 aliphatic heterocycles. The van der Waals surface area contributed by atoms with Crippen molar-refractivity contribution in [1.82, 2.24) is 0 Å². The topological polar surface area (TPSA) is 75.3 Å². The average molecular weight is 236 g/mol. The van der Waals surface area contributed by atoms with Crippen molar-refractivity contribution in [2.24, 2.45) is 5.92 Å². The van der Waals surface area contributed by atoms with Gasteiger partial charge in [-0.2, -0.15) is 0 Å². The van der Waals surface area contributed by atoms with Crippen molar-refractivity contribution in [1.29, 1.82) is 0 Å². The number of hydrogen-bond acceptors (Lipinski definition) is 3. The van der Waals surface area contributed by atoms with Crippen molar-refractivity contribution in [3.05, 3.63) is 23.8 Å². The van der Waals surface area contributed by atoms with E-state index < -0.39 is 5.97 Å². The third-order valence-electron chi connectivity index (χ3n) is 3.18. The van der Waals surface area contributed by atoms with E-state index in [0.29, 0.717) is 17.6 Å². The Balaban J connectivity index is 2.82. The van der Waals surface area contributed by atoms with Gasteiger partial charge in [0.25, 0.3) is 0 Å². The van der Waals surface area contributed by atoms with Crippen molar-refractivity contribution < 1.29 is 9.90 Å². The number of anilines is 2. The van der Waals surface area contributed by atoms with E-state index in [-0.39, 0.29) is 5.56 Å². The molecule has 0 aromatic heterocycles. The van der Waals surface area contributed by atoms with Gasteiger partial charge in [0.1, 0.15) is 0 Å². The molecule has 1 rings (SSSR count). The number of carboxylic acid groups (broad SMARTS) is 1. The summed E-state index contributed by atoms with van der Waals surface area (Å²) in [7, 11) is 0. The predicted molar refractivity (Wildman–Crippen MR) is 70.4 cm³/mol. The fourth-order valence-corrected chi connectivity index (χ4v) is 1.57. The number of carboxylic acids is 1. The zero-order chi connectivity index (χ0) is 13.0. The van der Waals surface area contributed by atoms with E-state index in [1.165, 1.54) is 6.07 Å². The van der Waals surface area contributed by atoms with E-state index in [2.05, 4.69) is 26.1 Å². The van der Waals surface area contributed by atoms with Gasteiger partial charge in [-0.15, -0.1) is 0 Å². The Morgan fingerprint density at radius 1 is 1.47 bits per heavy atom. The molecule has 0 aliphatic carbocycles. The van der Waals surface area contributed by atoms with Crippen molar-refractivity contribution in [3.63, 3.8) is 0 Å². The first-order valence-electron chi connectivity index (χ1n) is 5.85. The SMILES string of the molecule is CCC(C)C(C)Nc1ccc(C(=O)O)cc1N. The molecular weight excluding hydrogens is 216 g/mol. The molecule has 2 atom stereocenters. The molecule has 1 aromatic carbocycles. The number of carbonyl (C=O) groups is 1. The average Bonchev–Trinajstić information content (AvgIpc) is 2.30. The fraction of sp³-hybridized carbons (Fsp3) is 0.462. The summed E-state index contributed by atoms with van der Waals surface area (Å²) >= 11 is 0. The largest absolute Gasteiger partial charge is 0.478 e. The van der Waals surface area contributed by atoms with Gasteiger partial charge in [-0.05, 0) is 31.0 Å². The third-order valence-corrected chi connectivity index (χ3v) is 3.18. The van der Waals surface area contributed by atoms with E-state index >= 15 is 0 Å². The molecule has 94 valence electrons. The lowest BCUT2D eigenvalue weighted by Gasteiger charge is -2.22. The van der Waals surface area contributed by atoms with Gasteiger partial charge in [0, 0.05) is 6.04 Å². The van der Waals surface area contributed by atoms with Crippen LogP contribution in [0.5, 0.6) is 0 Å². The quantitative estimate of drug-likeness (QED) is 0.687. The maximum absolute atomic E-state index is 10.8. The molecule has 0 heterocycles. The van der Waals surface area contributed by atoms with Crippen LogP contribution in [0.2, 0.25) is 0 Å². The van der Waals surface area contributed by atoms with Crippen LogP contribution >= 0.6 is 0 Å². The minimum atomic E-state index is -0.960. The Bertz CT molecular complexity index is 404. The lowest BCUT2D eigenvalue weighted by atomic mass is 10.0. The van der Waals surface area contributed by atoms with Crippen LogP contribution in [-0.2, 0) is 0 Å². The minimum absolute atomic E-state index is 0.212. The van der Waals surface area contributed by atoms with E-state index in [1.807, 2.05) is 0 Å². The molecule has 17 heavy (non-hydrogen) atoms. The highest BCUT2D eigenvalue weighted by atomic mass is 16.4. The van der Waals surface area contributed by atoms with Crippen LogP contribution in [0.15, 0.2) is 18.2 Å². The maximum atomic E-state index is 10.8. The van der Waals surface area contributed by atoms with E-state index in [0.717, 1.165) is 12.1 Å². The highest BCUT2D eigenvalue weighted by Gasteiger charge is 2.12. The molecule has 2 unspecified atom stereocenters. The summed E-state index contributed by atoms with van der Waals surface area (Å²) in [5.74, 6) is -0.424. The Labute approximate surface area is 102 Å². The highest BCUT2D eigenvalue weighted by Crippen LogP contribution is 2.22. The standard InChI is InChI=1S/C13H20N2O2/c1-4-8(2)9(3)15-12-6-5-10(13(16)17)7-11(12)14/h5-9,15H,4,14H2,1-3H3,(H,16,17). The monoisotopic (exact) mass is 236 g/mol. The van der Waals surface area contributed by atoms with Gasteiger partial charge in [-0.1, -0.05) is 20.3 Å². The van der Waals surface area contributed by atoms with Gasteiger partial charge in [0.05, 0.1) is 16.9 Å². The summed E-state index contributed by atoms with van der Waals surface area (Å²) in [5.41, 5.74) is 7.30. The summed E-state index contributed by atoms with van der Waals surface area (Å²) in [5, 5.41) is 12.1. The molecular formula is C13H20N2O2. The van der Waals surface area contributed by atoms with Crippen LogP contribution in [-0.4, -0.2) is 17.1 Å². The first-order chi connectivity index (χ1) is 7.95. The van der Waals surface area contributed by atoms with Crippen LogP contribution in [0.3, 0.4) is 0 Å². The Morgan fingerprint density at radius 2 is 2.12 bits per heavy atom. The lowest BCUT2D eigenvalue weighted by molar-refractivity contribution is 0.0697. The van der Waals surface area contributed by atoms with Crippen LogP contribution in [0.4, 0.5) is 11.4 Å². The normalized spacial score (nSPS) is 14.1. The number of nitrogens with one attached hydrogen (secondary N) is 1. The van der Waals surface area contributed by atoms with Crippen molar-refractivity contribution in [3.8, 4) is 0 Å². The Morgan fingerprint density at radius 3 is 2.59 bits per heavy atom. The molecule has 0 saturated heterocycles. The summed E-state index contributed by atoms with van der Waals surface area (Å²) in [4.78, 5) is 10.8. The summed E-state index contributed by atoms with van der Waals surface area (Å²) < 4.78 is 0. The van der Waals surface area contributed by atoms with Gasteiger partial charge in [0.15, 0.2) is 0 Å². The summed E-state index contributed by atoms with van der Waals surface area (Å²) in [6.07, 6.45) is 1.08. The number of benzene rings is 1. The van der Waals surface area contributed by atoms with Crippen molar-refractivity contribution >= 4 is 17.3 Å². The molecule has 0 saturated carbocycles. The number of hydrogen-bond donors (Lipinski definition) is 3. The highest BCUT2D eigenvalue weighted by molar-refractivity contribution is 5.90. The molecule has 4 N–H and O–H groups in total. The zero-order valence-corrected chi connectivity index (χ0v) is 10.5. The number of nitrogens with two attached hydrogens (primary N) is 1. The number of nitrogen functional groups attached to an aromatic ring is 1. The zero-order valence-electron chi connectivity index (χ0n) is 10.5. The second-order valence-corrected chi connectivity index (χ2v) is 4.43. The predicted octanol–water partition coefficient (Wildman–Crippen LogP) is 2.81. The molecule has 0 aliphatic rings. The van der Waals surface area contributed by atoms with Crippen LogP contribution in [0.1, 0.15) is 37.6 Å². The molecule has 4 nitrogen and oxygen atoms in total. The second-order valence-electron chi connectivity index (χ2n) is 4.43. The molecule has 0 spiro atoms. The third kappa shape index (κ3) is 3.37. The Hall–Kier alpha value is -1.71. The van der Waals surface area contributed by atoms with Gasteiger partial charge >= 0.3 is 5.97 Å². The van der Waals surface area contributed by atoms with Crippen molar-refractivity contribution in [2.45, 2.75) is 33.2 Å². The van der Waals surface area contributed by atoms with Gasteiger partial charge in [-0.25, -0.2) is 4.79 Å². The number of aromatic carboxylic acids is 1. The van der Waals surface area contributed by atoms with E-state index in [4.69, 9.17) is 10.8 Å². The smallest absolute Gasteiger partial charge is 0.335 e. The van der Waals surface area contributed by atoms with Crippen LogP contribution < -0.4 is 11.1 Å². The first kappa shape index (κ1) is 13.4. The second kappa shape index (κ2) is 5.57.